The van der Waals surface area contributed by atoms with E-state index < -0.39 is 11.8 Å². The summed E-state index contributed by atoms with van der Waals surface area (Å²) in [5.41, 5.74) is 6.08. The summed E-state index contributed by atoms with van der Waals surface area (Å²) in [7, 11) is 1.63. The van der Waals surface area contributed by atoms with Crippen molar-refractivity contribution in [2.75, 3.05) is 33.4 Å². The Hall–Kier alpha value is -3.60. The maximum atomic E-state index is 15.0. The van der Waals surface area contributed by atoms with E-state index in [0.717, 1.165) is 19.3 Å². The number of aromatic nitrogens is 2. The second kappa shape index (κ2) is 13.5. The Morgan fingerprint density at radius 1 is 1.22 bits per heavy atom. The third-order valence-electron chi connectivity index (χ3n) is 5.90. The van der Waals surface area contributed by atoms with Crippen LogP contribution in [0.2, 0.25) is 0 Å². The number of amides is 1. The van der Waals surface area contributed by atoms with Gasteiger partial charge in [0.05, 0.1) is 6.61 Å². The number of rotatable bonds is 12. The van der Waals surface area contributed by atoms with E-state index in [9.17, 15) is 14.0 Å². The monoisotopic (exact) mass is 501 g/mol. The maximum Gasteiger partial charge on any atom is 0.316 e. The molecule has 3 rings (SSSR count). The zero-order chi connectivity index (χ0) is 25.9. The van der Waals surface area contributed by atoms with E-state index >= 15 is 0 Å². The Morgan fingerprint density at radius 3 is 2.61 bits per heavy atom. The minimum Gasteiger partial charge on any atom is -0.463 e. The van der Waals surface area contributed by atoms with E-state index in [1.165, 1.54) is 18.5 Å². The van der Waals surface area contributed by atoms with Crippen LogP contribution in [0.4, 0.5) is 4.39 Å². The van der Waals surface area contributed by atoms with E-state index in [-0.39, 0.29) is 41.9 Å². The van der Waals surface area contributed by atoms with Gasteiger partial charge in [0.15, 0.2) is 0 Å². The van der Waals surface area contributed by atoms with Crippen LogP contribution in [0.1, 0.15) is 37.7 Å². The maximum absolute atomic E-state index is 15.0. The van der Waals surface area contributed by atoms with E-state index in [4.69, 9.17) is 25.4 Å². The molecule has 0 radical (unpaired) electrons. The molecule has 0 spiro atoms. The van der Waals surface area contributed by atoms with Gasteiger partial charge in [0, 0.05) is 62.3 Å². The Morgan fingerprint density at radius 2 is 1.94 bits per heavy atom. The molecule has 10 nitrogen and oxygen atoms in total. The quantitative estimate of drug-likeness (QED) is 0.196. The second-order valence-electron chi connectivity index (χ2n) is 8.63. The number of nitrogens with zero attached hydrogens (tertiary/aromatic N) is 3. The number of esters is 1. The van der Waals surface area contributed by atoms with Crippen LogP contribution >= 0.6 is 0 Å². The van der Waals surface area contributed by atoms with Crippen molar-refractivity contribution in [1.82, 2.24) is 14.9 Å². The lowest BCUT2D eigenvalue weighted by atomic mass is 9.97. The lowest BCUT2D eigenvalue weighted by molar-refractivity contribution is -0.143. The lowest BCUT2D eigenvalue weighted by Crippen LogP contribution is -2.39. The fourth-order valence-corrected chi connectivity index (χ4v) is 3.88. The van der Waals surface area contributed by atoms with Crippen LogP contribution in [0.3, 0.4) is 0 Å². The standard InChI is InChI=1S/C25H32FN5O5/c1-34-11-3-6-22(32)31-9-7-17(8-10-31)15-36-25-29-13-19(14-30-25)20-5-2-4-18(24(20)26)16-35-23(33)12-21(27)28/h2,4-5,13-14,17H,3,6-12,15-16H2,1H3,(H3,27,28). The van der Waals surface area contributed by atoms with Crippen molar-refractivity contribution < 1.29 is 28.2 Å². The van der Waals surface area contributed by atoms with Gasteiger partial charge in [0.1, 0.15) is 24.7 Å². The van der Waals surface area contributed by atoms with Crippen LogP contribution in [-0.4, -0.2) is 66.0 Å². The second-order valence-corrected chi connectivity index (χ2v) is 8.63. The molecule has 36 heavy (non-hydrogen) atoms. The van der Waals surface area contributed by atoms with Crippen molar-refractivity contribution in [3.63, 3.8) is 0 Å². The highest BCUT2D eigenvalue weighted by Gasteiger charge is 2.23. The highest BCUT2D eigenvalue weighted by Crippen LogP contribution is 2.25. The van der Waals surface area contributed by atoms with Gasteiger partial charge in [-0.2, -0.15) is 0 Å². The molecule has 1 aliphatic heterocycles. The Kier molecular flexibility index (Phi) is 10.1. The van der Waals surface area contributed by atoms with Gasteiger partial charge in [-0.3, -0.25) is 15.0 Å². The van der Waals surface area contributed by atoms with Gasteiger partial charge in [-0.25, -0.2) is 14.4 Å². The molecule has 1 aromatic heterocycles. The summed E-state index contributed by atoms with van der Waals surface area (Å²) in [5.74, 6) is -1.10. The molecule has 0 bridgehead atoms. The molecular formula is C25H32FN5O5. The molecule has 1 fully saturated rings. The van der Waals surface area contributed by atoms with Crippen LogP contribution in [0.25, 0.3) is 11.1 Å². The van der Waals surface area contributed by atoms with Gasteiger partial charge in [-0.05, 0) is 25.2 Å². The molecule has 1 amide bonds. The summed E-state index contributed by atoms with van der Waals surface area (Å²) in [4.78, 5) is 34.1. The molecule has 2 heterocycles. The number of methoxy groups -OCH3 is 1. The highest BCUT2D eigenvalue weighted by atomic mass is 19.1. The summed E-state index contributed by atoms with van der Waals surface area (Å²) < 4.78 is 30.7. The van der Waals surface area contributed by atoms with Crippen LogP contribution in [0.15, 0.2) is 30.6 Å². The number of carbonyl (C=O) groups excluding carboxylic acids is 2. The predicted octanol–water partition coefficient (Wildman–Crippen LogP) is 2.70. The number of likely N-dealkylation sites (tertiary alicyclic amines) is 1. The van der Waals surface area contributed by atoms with E-state index in [0.29, 0.717) is 44.2 Å². The molecule has 2 aromatic rings. The molecule has 0 unspecified atom stereocenters. The van der Waals surface area contributed by atoms with Gasteiger partial charge < -0.3 is 24.8 Å². The number of carbonyl (C=O) groups is 2. The summed E-state index contributed by atoms with van der Waals surface area (Å²) >= 11 is 0. The minimum atomic E-state index is -0.698. The minimum absolute atomic E-state index is 0.163. The Balaban J connectivity index is 1.49. The van der Waals surface area contributed by atoms with Gasteiger partial charge in [-0.15, -0.1) is 0 Å². The van der Waals surface area contributed by atoms with E-state index in [2.05, 4.69) is 9.97 Å². The number of ether oxygens (including phenoxy) is 3. The Bertz CT molecular complexity index is 1040. The van der Waals surface area contributed by atoms with Crippen LogP contribution in [-0.2, 0) is 25.7 Å². The largest absolute Gasteiger partial charge is 0.463 e. The molecule has 1 saturated heterocycles. The number of hydrogen-bond acceptors (Lipinski definition) is 8. The van der Waals surface area contributed by atoms with Crippen LogP contribution in [0.5, 0.6) is 6.01 Å². The summed E-state index contributed by atoms with van der Waals surface area (Å²) in [6, 6.07) is 4.94. The molecule has 3 N–H and O–H groups in total. The smallest absolute Gasteiger partial charge is 0.316 e. The average molecular weight is 502 g/mol. The first kappa shape index (κ1) is 27.0. The highest BCUT2D eigenvalue weighted by molar-refractivity contribution is 5.94. The van der Waals surface area contributed by atoms with Crippen LogP contribution in [0, 0.1) is 17.1 Å². The van der Waals surface area contributed by atoms with Crippen molar-refractivity contribution in [2.24, 2.45) is 11.7 Å². The third-order valence-corrected chi connectivity index (χ3v) is 5.90. The van der Waals surface area contributed by atoms with Gasteiger partial charge in [0.2, 0.25) is 5.91 Å². The first-order valence-corrected chi connectivity index (χ1v) is 11.8. The van der Waals surface area contributed by atoms with Crippen molar-refractivity contribution in [1.29, 1.82) is 5.41 Å². The van der Waals surface area contributed by atoms with Gasteiger partial charge >= 0.3 is 12.0 Å². The predicted molar refractivity (Wildman–Crippen MR) is 130 cm³/mol. The number of nitrogens with two attached hydrogens (primary N) is 1. The van der Waals surface area contributed by atoms with E-state index in [1.807, 2.05) is 4.90 Å². The fraction of sp³-hybridized carbons (Fsp3) is 0.480. The molecule has 11 heteroatoms. The fourth-order valence-electron chi connectivity index (χ4n) is 3.88. The Labute approximate surface area is 209 Å². The molecule has 0 aliphatic carbocycles. The number of benzene rings is 1. The zero-order valence-corrected chi connectivity index (χ0v) is 20.4. The van der Waals surface area contributed by atoms with Gasteiger partial charge in [0.25, 0.3) is 0 Å². The number of piperidine rings is 1. The first-order valence-electron chi connectivity index (χ1n) is 11.8. The van der Waals surface area contributed by atoms with Crippen LogP contribution < -0.4 is 10.5 Å². The number of hydrogen-bond donors (Lipinski definition) is 2. The van der Waals surface area contributed by atoms with Crippen molar-refractivity contribution >= 4 is 17.7 Å². The number of nitrogens with one attached hydrogen (secondary N) is 1. The number of amidine groups is 1. The topological polar surface area (TPSA) is 141 Å². The normalized spacial score (nSPS) is 13.9. The summed E-state index contributed by atoms with van der Waals surface area (Å²) in [5, 5.41) is 7.11. The lowest BCUT2D eigenvalue weighted by Gasteiger charge is -2.31. The van der Waals surface area contributed by atoms with Crippen molar-refractivity contribution in [3.8, 4) is 17.1 Å². The summed E-state index contributed by atoms with van der Waals surface area (Å²) in [6.45, 7) is 2.18. The molecule has 1 aromatic carbocycles. The van der Waals surface area contributed by atoms with Crippen molar-refractivity contribution in [3.05, 3.63) is 42.0 Å². The molecule has 194 valence electrons. The SMILES string of the molecule is COCCCC(=O)N1CCC(COc2ncc(-c3cccc(COC(=O)CC(=N)N)c3F)cn2)CC1. The molecule has 0 saturated carbocycles. The molecule has 1 aliphatic rings. The van der Waals surface area contributed by atoms with Gasteiger partial charge in [-0.1, -0.05) is 18.2 Å². The number of halogens is 1. The van der Waals surface area contributed by atoms with E-state index in [1.54, 1.807) is 19.2 Å². The molecule has 0 atom stereocenters. The third kappa shape index (κ3) is 7.98. The first-order chi connectivity index (χ1) is 17.4. The average Bonchev–Trinajstić information content (AvgIpc) is 2.87. The van der Waals surface area contributed by atoms with Crippen molar-refractivity contribution in [2.45, 2.75) is 38.7 Å². The molecular weight excluding hydrogens is 469 g/mol. The summed E-state index contributed by atoms with van der Waals surface area (Å²) in [6.07, 6.45) is 5.55. The zero-order valence-electron chi connectivity index (χ0n) is 20.4.